The highest BCUT2D eigenvalue weighted by Crippen LogP contribution is 2.68. The highest BCUT2D eigenvalue weighted by molar-refractivity contribution is 5.09. The Morgan fingerprint density at radius 2 is 1.59 bits per heavy atom. The number of ether oxygens (including phenoxy) is 1. The topological polar surface area (TPSA) is 29.5 Å². The average Bonchev–Trinajstić information content (AvgIpc) is 3.11. The van der Waals surface area contributed by atoms with Gasteiger partial charge in [-0.3, -0.25) is 0 Å². The zero-order chi connectivity index (χ0) is 22.9. The Bertz CT molecular complexity index is 602. The molecular weight excluding hydrogens is 392 g/mol. The van der Waals surface area contributed by atoms with Crippen molar-refractivity contribution in [3.8, 4) is 0 Å². The van der Waals surface area contributed by atoms with Crippen LogP contribution in [0.15, 0.2) is 0 Å². The molecule has 4 saturated carbocycles. The molecule has 9 atom stereocenters. The van der Waals surface area contributed by atoms with E-state index in [9.17, 15) is 0 Å². The van der Waals surface area contributed by atoms with Gasteiger partial charge in [-0.15, -0.1) is 0 Å². The smallest absolute Gasteiger partial charge is 0.0578 e. The highest BCUT2D eigenvalue weighted by Gasteiger charge is 2.60. The van der Waals surface area contributed by atoms with Gasteiger partial charge in [0.1, 0.15) is 0 Å². The predicted molar refractivity (Wildman–Crippen MR) is 135 cm³/mol. The van der Waals surface area contributed by atoms with Crippen LogP contribution in [0.2, 0.25) is 0 Å². The summed E-state index contributed by atoms with van der Waals surface area (Å²) in [7, 11) is 0. The summed E-state index contributed by atoms with van der Waals surface area (Å²) in [5.74, 6) is 6.57. The van der Waals surface area contributed by atoms with E-state index in [0.717, 1.165) is 54.5 Å². The van der Waals surface area contributed by atoms with Gasteiger partial charge in [0.2, 0.25) is 0 Å². The normalized spacial score (nSPS) is 44.7. The molecule has 0 amide bonds. The number of aliphatic hydroxyl groups is 1. The number of rotatable bonds is 9. The van der Waals surface area contributed by atoms with Gasteiger partial charge >= 0.3 is 0 Å². The average molecular weight is 447 g/mol. The molecule has 0 aliphatic heterocycles. The summed E-state index contributed by atoms with van der Waals surface area (Å²) in [4.78, 5) is 0. The third-order valence-corrected chi connectivity index (χ3v) is 11.5. The molecule has 4 fully saturated rings. The van der Waals surface area contributed by atoms with Gasteiger partial charge in [-0.05, 0) is 116 Å². The van der Waals surface area contributed by atoms with E-state index in [1.165, 1.54) is 77.0 Å². The Kier molecular flexibility index (Phi) is 8.03. The molecule has 2 nitrogen and oxygen atoms in total. The van der Waals surface area contributed by atoms with E-state index in [0.29, 0.717) is 16.9 Å². The molecule has 1 N–H and O–H groups in total. The van der Waals surface area contributed by atoms with Gasteiger partial charge in [0.15, 0.2) is 0 Å². The molecule has 4 rings (SSSR count). The van der Waals surface area contributed by atoms with Gasteiger partial charge in [-0.2, -0.15) is 0 Å². The van der Waals surface area contributed by atoms with Crippen molar-refractivity contribution in [2.45, 2.75) is 124 Å². The summed E-state index contributed by atoms with van der Waals surface area (Å²) in [6, 6.07) is 0. The van der Waals surface area contributed by atoms with Crippen LogP contribution in [-0.2, 0) is 4.74 Å². The second-order valence-corrected chi connectivity index (χ2v) is 13.5. The molecular formula is C30H54O2. The molecule has 0 saturated heterocycles. The molecule has 0 aromatic carbocycles. The van der Waals surface area contributed by atoms with Crippen molar-refractivity contribution in [3.63, 3.8) is 0 Å². The third-order valence-electron chi connectivity index (χ3n) is 11.5. The number of aliphatic hydroxyl groups excluding tert-OH is 1. The van der Waals surface area contributed by atoms with Gasteiger partial charge in [0.05, 0.1) is 6.10 Å². The van der Waals surface area contributed by atoms with E-state index in [-0.39, 0.29) is 6.61 Å². The quantitative estimate of drug-likeness (QED) is 0.365. The van der Waals surface area contributed by atoms with Crippen LogP contribution in [0.4, 0.5) is 0 Å². The van der Waals surface area contributed by atoms with E-state index in [1.807, 2.05) is 0 Å². The van der Waals surface area contributed by atoms with Gasteiger partial charge < -0.3 is 9.84 Å². The summed E-state index contributed by atoms with van der Waals surface area (Å²) < 4.78 is 6.17. The Morgan fingerprint density at radius 3 is 2.34 bits per heavy atom. The molecule has 4 aliphatic carbocycles. The fourth-order valence-corrected chi connectivity index (χ4v) is 9.71. The summed E-state index contributed by atoms with van der Waals surface area (Å²) in [6.45, 7) is 13.8. The Labute approximate surface area is 199 Å². The Morgan fingerprint density at radius 1 is 0.844 bits per heavy atom. The molecule has 0 aromatic rings. The lowest BCUT2D eigenvalue weighted by molar-refractivity contribution is -0.137. The van der Waals surface area contributed by atoms with Crippen molar-refractivity contribution >= 4 is 0 Å². The largest absolute Gasteiger partial charge is 0.396 e. The standard InChI is InChI=1S/C30H54O2/c1-21(2)8-6-9-22(3)26-12-13-27-25-11-10-23-20-24(32-19-7-18-31)14-16-29(23,4)28(25)15-17-30(26,27)5/h21-28,31H,6-20H2,1-5H3/t22-,23?,24+,25+,26-,27+,28+,29+,30-/m1/s1. The van der Waals surface area contributed by atoms with Gasteiger partial charge in [-0.25, -0.2) is 0 Å². The first-order valence-corrected chi connectivity index (χ1v) is 14.5. The summed E-state index contributed by atoms with van der Waals surface area (Å²) >= 11 is 0. The second kappa shape index (κ2) is 10.3. The minimum Gasteiger partial charge on any atom is -0.396 e. The predicted octanol–water partition coefficient (Wildman–Crippen LogP) is 7.88. The van der Waals surface area contributed by atoms with Gasteiger partial charge in [0.25, 0.3) is 0 Å². The number of fused-ring (bicyclic) bond motifs is 5. The zero-order valence-electron chi connectivity index (χ0n) is 22.1. The maximum absolute atomic E-state index is 9.09. The number of hydrogen-bond donors (Lipinski definition) is 1. The molecule has 1 unspecified atom stereocenters. The van der Waals surface area contributed by atoms with Crippen molar-refractivity contribution < 1.29 is 9.84 Å². The van der Waals surface area contributed by atoms with Crippen LogP contribution in [0.1, 0.15) is 118 Å². The van der Waals surface area contributed by atoms with Crippen LogP contribution < -0.4 is 0 Å². The number of hydrogen-bond acceptors (Lipinski definition) is 2. The SMILES string of the molecule is CC(C)CCC[C@@H](C)[C@H]1CC[C@H]2[C@@H]3CCC4C[C@@H](OCCCO)CC[C@]4(C)[C@H]3CC[C@]12C. The fraction of sp³-hybridized carbons (Fsp3) is 1.00. The van der Waals surface area contributed by atoms with Crippen molar-refractivity contribution in [2.75, 3.05) is 13.2 Å². The third kappa shape index (κ3) is 4.71. The van der Waals surface area contributed by atoms with E-state index in [1.54, 1.807) is 0 Å². The summed E-state index contributed by atoms with van der Waals surface area (Å²) in [6.07, 6.45) is 18.4. The summed E-state index contributed by atoms with van der Waals surface area (Å²) in [5.41, 5.74) is 1.17. The molecule has 2 heteroatoms. The maximum atomic E-state index is 9.09. The monoisotopic (exact) mass is 446 g/mol. The molecule has 0 heterocycles. The molecule has 0 radical (unpaired) electrons. The Balaban J connectivity index is 1.39. The lowest BCUT2D eigenvalue weighted by Crippen LogP contribution is -2.54. The molecule has 0 bridgehead atoms. The van der Waals surface area contributed by atoms with E-state index in [4.69, 9.17) is 9.84 Å². The van der Waals surface area contributed by atoms with E-state index >= 15 is 0 Å². The van der Waals surface area contributed by atoms with Crippen LogP contribution in [0.25, 0.3) is 0 Å². The Hall–Kier alpha value is -0.0800. The lowest BCUT2D eigenvalue weighted by Gasteiger charge is -2.61. The van der Waals surface area contributed by atoms with Crippen molar-refractivity contribution in [3.05, 3.63) is 0 Å². The van der Waals surface area contributed by atoms with Crippen LogP contribution in [-0.4, -0.2) is 24.4 Å². The molecule has 4 aliphatic rings. The molecule has 32 heavy (non-hydrogen) atoms. The molecule has 0 aromatic heterocycles. The van der Waals surface area contributed by atoms with Crippen molar-refractivity contribution in [1.82, 2.24) is 0 Å². The maximum Gasteiger partial charge on any atom is 0.0578 e. The first-order valence-electron chi connectivity index (χ1n) is 14.5. The van der Waals surface area contributed by atoms with Crippen LogP contribution in [0.5, 0.6) is 0 Å². The minimum absolute atomic E-state index is 0.259. The molecule has 186 valence electrons. The van der Waals surface area contributed by atoms with Crippen molar-refractivity contribution in [2.24, 2.45) is 52.3 Å². The van der Waals surface area contributed by atoms with E-state index in [2.05, 4.69) is 34.6 Å². The zero-order valence-corrected chi connectivity index (χ0v) is 22.1. The van der Waals surface area contributed by atoms with Gasteiger partial charge in [0, 0.05) is 13.2 Å². The summed E-state index contributed by atoms with van der Waals surface area (Å²) in [5, 5.41) is 9.09. The second-order valence-electron chi connectivity index (χ2n) is 13.5. The van der Waals surface area contributed by atoms with E-state index < -0.39 is 0 Å². The fourth-order valence-electron chi connectivity index (χ4n) is 9.71. The first kappa shape index (κ1) is 25.0. The van der Waals surface area contributed by atoms with Crippen LogP contribution in [0.3, 0.4) is 0 Å². The van der Waals surface area contributed by atoms with Crippen molar-refractivity contribution in [1.29, 1.82) is 0 Å². The van der Waals surface area contributed by atoms with Gasteiger partial charge in [-0.1, -0.05) is 53.9 Å². The van der Waals surface area contributed by atoms with Crippen LogP contribution >= 0.6 is 0 Å². The first-order chi connectivity index (χ1) is 15.3. The highest BCUT2D eigenvalue weighted by atomic mass is 16.5. The lowest BCUT2D eigenvalue weighted by atomic mass is 9.44. The minimum atomic E-state index is 0.259. The van der Waals surface area contributed by atoms with Crippen LogP contribution in [0, 0.1) is 52.3 Å². The molecule has 0 spiro atoms.